The molecule has 0 aliphatic rings. The first-order chi connectivity index (χ1) is 17.8. The molecule has 0 aliphatic carbocycles. The first-order valence-electron chi connectivity index (χ1n) is 12.5. The van der Waals surface area contributed by atoms with E-state index in [1.165, 1.54) is 11.1 Å². The minimum atomic E-state index is -0.197. The number of aryl methyl sites for hydroxylation is 2. The molecule has 2 N–H and O–H groups in total. The molecule has 0 aliphatic heterocycles. The standard InChI is InChI=1S/C29H36N4O4/c1-21-30-25(17-32(21)13-15-34)19-36-27-9-5-23(6-10-27)29(3,4)24-7-11-28(12-8-24)37-20-26-18-33(14-16-35)22(2)31-26/h5-12,17-18,34-35H,13-16,19-20H2,1-4H3. The second-order valence-corrected chi connectivity index (χ2v) is 9.64. The highest BCUT2D eigenvalue weighted by molar-refractivity contribution is 5.42. The molecule has 2 aromatic heterocycles. The molecule has 0 amide bonds. The van der Waals surface area contributed by atoms with E-state index >= 15 is 0 Å². The lowest BCUT2D eigenvalue weighted by Crippen LogP contribution is -2.18. The van der Waals surface area contributed by atoms with Gasteiger partial charge in [0.1, 0.15) is 36.4 Å². The Morgan fingerprint density at radius 1 is 0.676 bits per heavy atom. The Bertz CT molecular complexity index is 1190. The molecule has 0 saturated heterocycles. The van der Waals surface area contributed by atoms with Crippen molar-refractivity contribution in [2.45, 2.75) is 59.4 Å². The molecule has 0 bridgehead atoms. The number of aliphatic hydroxyl groups is 2. The molecule has 2 aromatic carbocycles. The lowest BCUT2D eigenvalue weighted by Gasteiger charge is -2.26. The number of nitrogens with zero attached hydrogens (tertiary/aromatic N) is 4. The summed E-state index contributed by atoms with van der Waals surface area (Å²) < 4.78 is 15.7. The van der Waals surface area contributed by atoms with Crippen molar-refractivity contribution in [2.24, 2.45) is 0 Å². The van der Waals surface area contributed by atoms with Crippen molar-refractivity contribution < 1.29 is 19.7 Å². The van der Waals surface area contributed by atoms with Crippen LogP contribution in [0.25, 0.3) is 0 Å². The fourth-order valence-corrected chi connectivity index (χ4v) is 4.37. The predicted molar refractivity (Wildman–Crippen MR) is 142 cm³/mol. The van der Waals surface area contributed by atoms with Crippen molar-refractivity contribution in [3.8, 4) is 11.5 Å². The van der Waals surface area contributed by atoms with Crippen LogP contribution >= 0.6 is 0 Å². The lowest BCUT2D eigenvalue weighted by molar-refractivity contribution is 0.274. The van der Waals surface area contributed by atoms with Gasteiger partial charge in [-0.15, -0.1) is 0 Å². The van der Waals surface area contributed by atoms with E-state index in [0.29, 0.717) is 26.3 Å². The molecule has 37 heavy (non-hydrogen) atoms. The number of benzene rings is 2. The van der Waals surface area contributed by atoms with E-state index in [0.717, 1.165) is 34.5 Å². The Morgan fingerprint density at radius 3 is 1.41 bits per heavy atom. The van der Waals surface area contributed by atoms with Gasteiger partial charge in [0.25, 0.3) is 0 Å². The molecule has 196 valence electrons. The van der Waals surface area contributed by atoms with Gasteiger partial charge in [-0.25, -0.2) is 9.97 Å². The second kappa shape index (κ2) is 11.6. The van der Waals surface area contributed by atoms with Gasteiger partial charge in [0.2, 0.25) is 0 Å². The molecule has 0 fully saturated rings. The summed E-state index contributed by atoms with van der Waals surface area (Å²) in [6.45, 7) is 10.2. The average molecular weight is 505 g/mol. The number of hydrogen-bond donors (Lipinski definition) is 2. The van der Waals surface area contributed by atoms with E-state index in [2.05, 4.69) is 48.1 Å². The van der Waals surface area contributed by atoms with Gasteiger partial charge in [0, 0.05) is 30.9 Å². The normalized spacial score (nSPS) is 11.6. The Kier molecular flexibility index (Phi) is 8.31. The maximum atomic E-state index is 9.14. The summed E-state index contributed by atoms with van der Waals surface area (Å²) in [5.41, 5.74) is 3.85. The van der Waals surface area contributed by atoms with Gasteiger partial charge in [0.05, 0.1) is 24.6 Å². The van der Waals surface area contributed by atoms with Gasteiger partial charge in [-0.3, -0.25) is 0 Å². The first kappa shape index (κ1) is 26.4. The summed E-state index contributed by atoms with van der Waals surface area (Å²) in [5, 5.41) is 18.3. The van der Waals surface area contributed by atoms with Crippen molar-refractivity contribution in [1.82, 2.24) is 19.1 Å². The SMILES string of the molecule is Cc1nc(COc2ccc(C(C)(C)c3ccc(OCc4cn(CCO)c(C)n4)cc3)cc2)cn1CCO. The minimum absolute atomic E-state index is 0.0859. The molecule has 0 saturated carbocycles. The molecule has 8 heteroatoms. The molecular formula is C29H36N4O4. The molecule has 2 heterocycles. The van der Waals surface area contributed by atoms with Crippen molar-refractivity contribution in [3.05, 3.63) is 95.1 Å². The van der Waals surface area contributed by atoms with Gasteiger partial charge in [0.15, 0.2) is 0 Å². The van der Waals surface area contributed by atoms with E-state index in [9.17, 15) is 0 Å². The molecule has 0 atom stereocenters. The quantitative estimate of drug-likeness (QED) is 0.301. The lowest BCUT2D eigenvalue weighted by atomic mass is 9.78. The summed E-state index contributed by atoms with van der Waals surface area (Å²) >= 11 is 0. The molecule has 8 nitrogen and oxygen atoms in total. The van der Waals surface area contributed by atoms with Crippen LogP contribution in [0.4, 0.5) is 0 Å². The molecule has 4 rings (SSSR count). The Balaban J connectivity index is 1.35. The van der Waals surface area contributed by atoms with Crippen LogP contribution < -0.4 is 9.47 Å². The zero-order valence-electron chi connectivity index (χ0n) is 22.0. The van der Waals surface area contributed by atoms with E-state index in [1.807, 2.05) is 59.6 Å². The van der Waals surface area contributed by atoms with E-state index in [-0.39, 0.29) is 18.6 Å². The summed E-state index contributed by atoms with van der Waals surface area (Å²) in [7, 11) is 0. The van der Waals surface area contributed by atoms with Gasteiger partial charge >= 0.3 is 0 Å². The number of aliphatic hydroxyl groups excluding tert-OH is 2. The topological polar surface area (TPSA) is 94.6 Å². The molecule has 4 aromatic rings. The zero-order chi connectivity index (χ0) is 26.4. The van der Waals surface area contributed by atoms with Crippen LogP contribution in [0.1, 0.15) is 48.0 Å². The minimum Gasteiger partial charge on any atom is -0.487 e. The third-order valence-corrected chi connectivity index (χ3v) is 6.66. The fraction of sp³-hybridized carbons (Fsp3) is 0.379. The number of aromatic nitrogens is 4. The fourth-order valence-electron chi connectivity index (χ4n) is 4.37. The van der Waals surface area contributed by atoms with Crippen LogP contribution in [0, 0.1) is 13.8 Å². The maximum Gasteiger partial charge on any atom is 0.132 e. The zero-order valence-corrected chi connectivity index (χ0v) is 22.0. The van der Waals surface area contributed by atoms with Crippen molar-refractivity contribution in [1.29, 1.82) is 0 Å². The predicted octanol–water partition coefficient (Wildman–Crippen LogP) is 4.16. The van der Waals surface area contributed by atoms with Gasteiger partial charge in [-0.2, -0.15) is 0 Å². The van der Waals surface area contributed by atoms with Crippen molar-refractivity contribution in [2.75, 3.05) is 13.2 Å². The molecule has 0 spiro atoms. The third kappa shape index (κ3) is 6.39. The molecule has 0 radical (unpaired) electrons. The van der Waals surface area contributed by atoms with Crippen LogP contribution in [0.15, 0.2) is 60.9 Å². The van der Waals surface area contributed by atoms with E-state index in [1.54, 1.807) is 0 Å². The highest BCUT2D eigenvalue weighted by atomic mass is 16.5. The molecular weight excluding hydrogens is 468 g/mol. The van der Waals surface area contributed by atoms with E-state index in [4.69, 9.17) is 19.7 Å². The highest BCUT2D eigenvalue weighted by Crippen LogP contribution is 2.33. The molecule has 0 unspecified atom stereocenters. The summed E-state index contributed by atoms with van der Waals surface area (Å²) in [4.78, 5) is 8.99. The largest absolute Gasteiger partial charge is 0.487 e. The number of imidazole rings is 2. The Labute approximate surface area is 218 Å². The maximum absolute atomic E-state index is 9.14. The number of rotatable bonds is 12. The number of ether oxygens (including phenoxy) is 2. The van der Waals surface area contributed by atoms with E-state index < -0.39 is 0 Å². The summed E-state index contributed by atoms with van der Waals surface area (Å²) in [6, 6.07) is 16.4. The Hall–Kier alpha value is -3.62. The monoisotopic (exact) mass is 504 g/mol. The Morgan fingerprint density at radius 2 is 1.05 bits per heavy atom. The van der Waals surface area contributed by atoms with Crippen LogP contribution in [-0.2, 0) is 31.7 Å². The van der Waals surface area contributed by atoms with Crippen LogP contribution in [0.2, 0.25) is 0 Å². The first-order valence-corrected chi connectivity index (χ1v) is 12.5. The van der Waals surface area contributed by atoms with Gasteiger partial charge < -0.3 is 28.8 Å². The van der Waals surface area contributed by atoms with Gasteiger partial charge in [-0.05, 0) is 49.2 Å². The highest BCUT2D eigenvalue weighted by Gasteiger charge is 2.23. The van der Waals surface area contributed by atoms with Crippen LogP contribution in [0.5, 0.6) is 11.5 Å². The smallest absolute Gasteiger partial charge is 0.132 e. The second-order valence-electron chi connectivity index (χ2n) is 9.64. The number of hydrogen-bond acceptors (Lipinski definition) is 6. The van der Waals surface area contributed by atoms with Crippen molar-refractivity contribution in [3.63, 3.8) is 0 Å². The third-order valence-electron chi connectivity index (χ3n) is 6.66. The summed E-state index contributed by atoms with van der Waals surface area (Å²) in [6.07, 6.45) is 3.84. The van der Waals surface area contributed by atoms with Crippen LogP contribution in [-0.4, -0.2) is 42.5 Å². The van der Waals surface area contributed by atoms with Crippen molar-refractivity contribution >= 4 is 0 Å². The van der Waals surface area contributed by atoms with Crippen LogP contribution in [0.3, 0.4) is 0 Å². The van der Waals surface area contributed by atoms with Gasteiger partial charge in [-0.1, -0.05) is 38.1 Å². The summed E-state index contributed by atoms with van der Waals surface area (Å²) in [5.74, 6) is 3.30. The average Bonchev–Trinajstić information content (AvgIpc) is 3.43.